The van der Waals surface area contributed by atoms with Crippen LogP contribution in [0.1, 0.15) is 34.0 Å². The van der Waals surface area contributed by atoms with Crippen LogP contribution in [0.3, 0.4) is 0 Å². The zero-order chi connectivity index (χ0) is 25.6. The second-order valence-electron chi connectivity index (χ2n) is 8.26. The van der Waals surface area contributed by atoms with Gasteiger partial charge in [-0.05, 0) is 66.9 Å². The largest absolute Gasteiger partial charge is 0.487 e. The number of anilines is 1. The number of sulfonamides is 1. The zero-order valence-corrected chi connectivity index (χ0v) is 20.6. The highest BCUT2D eigenvalue weighted by Crippen LogP contribution is 2.36. The summed E-state index contributed by atoms with van der Waals surface area (Å²) < 4.78 is 47.8. The maximum atomic E-state index is 13.6. The van der Waals surface area contributed by atoms with Crippen molar-refractivity contribution in [3.05, 3.63) is 83.0 Å². The Morgan fingerprint density at radius 1 is 1.11 bits per heavy atom. The SMILES string of the molecule is Cc1cc(OCc2ccc(C(=O)ON)cc2)c(N(C[C@H](C)CF)S(=O)(=O)c2ccccn2)cc1C. The molecule has 0 aliphatic carbocycles. The van der Waals surface area contributed by atoms with Gasteiger partial charge in [-0.1, -0.05) is 25.1 Å². The van der Waals surface area contributed by atoms with E-state index < -0.39 is 28.6 Å². The highest BCUT2D eigenvalue weighted by molar-refractivity contribution is 7.92. The Balaban J connectivity index is 2.00. The van der Waals surface area contributed by atoms with Gasteiger partial charge in [0.2, 0.25) is 0 Å². The molecule has 0 saturated heterocycles. The van der Waals surface area contributed by atoms with Gasteiger partial charge < -0.3 is 9.57 Å². The monoisotopic (exact) mass is 501 g/mol. The van der Waals surface area contributed by atoms with Gasteiger partial charge in [-0.15, -0.1) is 0 Å². The molecule has 186 valence electrons. The Labute approximate surface area is 204 Å². The van der Waals surface area contributed by atoms with Gasteiger partial charge in [-0.25, -0.2) is 9.78 Å². The first-order valence-corrected chi connectivity index (χ1v) is 12.3. The van der Waals surface area contributed by atoms with Gasteiger partial charge in [0.25, 0.3) is 10.0 Å². The minimum absolute atomic E-state index is 0.0931. The van der Waals surface area contributed by atoms with Gasteiger partial charge in [-0.3, -0.25) is 8.70 Å². The Morgan fingerprint density at radius 3 is 2.40 bits per heavy atom. The molecule has 0 unspecified atom stereocenters. The van der Waals surface area contributed by atoms with Gasteiger partial charge >= 0.3 is 5.97 Å². The molecule has 35 heavy (non-hydrogen) atoms. The van der Waals surface area contributed by atoms with Crippen molar-refractivity contribution in [2.75, 3.05) is 17.5 Å². The molecule has 1 atom stereocenters. The van der Waals surface area contributed by atoms with E-state index >= 15 is 0 Å². The van der Waals surface area contributed by atoms with E-state index in [0.717, 1.165) is 21.0 Å². The number of carbonyl (C=O) groups is 1. The number of benzene rings is 2. The van der Waals surface area contributed by atoms with E-state index in [1.54, 1.807) is 55.5 Å². The average Bonchev–Trinajstić information content (AvgIpc) is 2.87. The molecule has 3 aromatic rings. The van der Waals surface area contributed by atoms with Crippen LogP contribution in [0.15, 0.2) is 65.8 Å². The molecule has 2 N–H and O–H groups in total. The predicted octanol–water partition coefficient (Wildman–Crippen LogP) is 4.11. The Morgan fingerprint density at radius 2 is 1.80 bits per heavy atom. The number of halogens is 1. The zero-order valence-electron chi connectivity index (χ0n) is 19.8. The highest BCUT2D eigenvalue weighted by Gasteiger charge is 2.30. The summed E-state index contributed by atoms with van der Waals surface area (Å²) in [4.78, 5) is 19.8. The van der Waals surface area contributed by atoms with Crippen molar-refractivity contribution in [1.29, 1.82) is 0 Å². The molecule has 1 heterocycles. The van der Waals surface area contributed by atoms with Crippen molar-refractivity contribution in [3.63, 3.8) is 0 Å². The molecule has 10 heteroatoms. The number of carbonyl (C=O) groups excluding carboxylic acids is 1. The molecule has 2 aromatic carbocycles. The summed E-state index contributed by atoms with van der Waals surface area (Å²) in [6.07, 6.45) is 1.39. The number of hydrogen-bond acceptors (Lipinski definition) is 7. The molecule has 8 nitrogen and oxygen atoms in total. The standard InChI is InChI=1S/C25H28FN3O5S/c1-17(14-26)15-29(35(31,32)24-6-4-5-11-28-24)22-12-18(2)19(3)13-23(22)33-16-20-7-9-21(10-8-20)25(30)34-27/h4-13,17H,14-16,27H2,1-3H3/t17-/m1/s1. The quantitative estimate of drug-likeness (QED) is 0.416. The van der Waals surface area contributed by atoms with Gasteiger partial charge in [0.15, 0.2) is 5.03 Å². The number of alkyl halides is 1. The topological polar surface area (TPSA) is 112 Å². The minimum Gasteiger partial charge on any atom is -0.487 e. The lowest BCUT2D eigenvalue weighted by atomic mass is 10.1. The molecule has 0 spiro atoms. The molecule has 3 rings (SSSR count). The number of hydrogen-bond donors (Lipinski definition) is 1. The number of aryl methyl sites for hydroxylation is 2. The third kappa shape index (κ3) is 6.14. The van der Waals surface area contributed by atoms with Crippen molar-refractivity contribution in [1.82, 2.24) is 4.98 Å². The normalized spacial score (nSPS) is 12.1. The second kappa shape index (κ2) is 11.3. The molecule has 0 amide bonds. The van der Waals surface area contributed by atoms with Crippen LogP contribution in [0.2, 0.25) is 0 Å². The Bertz CT molecular complexity index is 1270. The highest BCUT2D eigenvalue weighted by atomic mass is 32.2. The fourth-order valence-corrected chi connectivity index (χ4v) is 4.84. The lowest BCUT2D eigenvalue weighted by molar-refractivity contribution is 0.0503. The van der Waals surface area contributed by atoms with Crippen LogP contribution in [0.5, 0.6) is 5.75 Å². The van der Waals surface area contributed by atoms with Crippen LogP contribution in [0.25, 0.3) is 0 Å². The van der Waals surface area contributed by atoms with Crippen LogP contribution in [0, 0.1) is 19.8 Å². The fraction of sp³-hybridized carbons (Fsp3) is 0.280. The van der Waals surface area contributed by atoms with Gasteiger partial charge in [0.05, 0.1) is 17.9 Å². The van der Waals surface area contributed by atoms with Gasteiger partial charge in [0.1, 0.15) is 12.4 Å². The molecule has 1 aromatic heterocycles. The lowest BCUT2D eigenvalue weighted by Crippen LogP contribution is -2.36. The van der Waals surface area contributed by atoms with Crippen molar-refractivity contribution in [2.24, 2.45) is 11.8 Å². The smallest absolute Gasteiger partial charge is 0.356 e. The van der Waals surface area contributed by atoms with E-state index in [1.165, 1.54) is 12.3 Å². The number of pyridine rings is 1. The van der Waals surface area contributed by atoms with E-state index in [2.05, 4.69) is 9.82 Å². The number of rotatable bonds is 10. The average molecular weight is 502 g/mol. The molecule has 0 aliphatic heterocycles. The van der Waals surface area contributed by atoms with Crippen LogP contribution >= 0.6 is 0 Å². The molecule has 0 fully saturated rings. The Hall–Kier alpha value is -3.50. The predicted molar refractivity (Wildman–Crippen MR) is 130 cm³/mol. The van der Waals surface area contributed by atoms with E-state index in [9.17, 15) is 17.6 Å². The van der Waals surface area contributed by atoms with Crippen LogP contribution in [-0.2, 0) is 21.5 Å². The first-order chi connectivity index (χ1) is 16.7. The number of nitrogens with zero attached hydrogens (tertiary/aromatic N) is 2. The number of nitrogens with two attached hydrogens (primary N) is 1. The van der Waals surface area contributed by atoms with Gasteiger partial charge in [-0.2, -0.15) is 14.3 Å². The van der Waals surface area contributed by atoms with E-state index in [1.807, 2.05) is 13.8 Å². The fourth-order valence-electron chi connectivity index (χ4n) is 3.32. The molecule has 0 aliphatic rings. The summed E-state index contributed by atoms with van der Waals surface area (Å²) in [6.45, 7) is 4.71. The van der Waals surface area contributed by atoms with E-state index in [4.69, 9.17) is 10.6 Å². The first kappa shape index (κ1) is 26.1. The van der Waals surface area contributed by atoms with Crippen LogP contribution in [-0.4, -0.2) is 32.6 Å². The maximum Gasteiger partial charge on any atom is 0.356 e. The van der Waals surface area contributed by atoms with E-state index in [-0.39, 0.29) is 23.7 Å². The number of ether oxygens (including phenoxy) is 1. The molecule has 0 bridgehead atoms. The van der Waals surface area contributed by atoms with Crippen molar-refractivity contribution in [2.45, 2.75) is 32.4 Å². The van der Waals surface area contributed by atoms with E-state index in [0.29, 0.717) is 11.4 Å². The Kier molecular flexibility index (Phi) is 8.42. The summed E-state index contributed by atoms with van der Waals surface area (Å²) in [5, 5.41) is -0.141. The second-order valence-corrected chi connectivity index (χ2v) is 10.1. The summed E-state index contributed by atoms with van der Waals surface area (Å²) in [6, 6.07) is 14.5. The number of aromatic nitrogens is 1. The molecular formula is C25H28FN3O5S. The lowest BCUT2D eigenvalue weighted by Gasteiger charge is -2.28. The summed E-state index contributed by atoms with van der Waals surface area (Å²) in [5.74, 6) is 4.02. The maximum absolute atomic E-state index is 13.6. The molecule has 0 radical (unpaired) electrons. The van der Waals surface area contributed by atoms with Crippen molar-refractivity contribution >= 4 is 21.7 Å². The van der Waals surface area contributed by atoms with Crippen LogP contribution in [0.4, 0.5) is 10.1 Å². The van der Waals surface area contributed by atoms with Gasteiger partial charge in [0, 0.05) is 18.7 Å². The minimum atomic E-state index is -4.10. The third-order valence-electron chi connectivity index (χ3n) is 5.47. The summed E-state index contributed by atoms with van der Waals surface area (Å²) in [7, 11) is -4.10. The third-order valence-corrected chi connectivity index (χ3v) is 7.16. The van der Waals surface area contributed by atoms with Crippen LogP contribution < -0.4 is 14.9 Å². The first-order valence-electron chi connectivity index (χ1n) is 10.9. The molecular weight excluding hydrogens is 473 g/mol. The van der Waals surface area contributed by atoms with Crippen molar-refractivity contribution < 1.29 is 27.2 Å². The molecule has 0 saturated carbocycles. The summed E-state index contributed by atoms with van der Waals surface area (Å²) in [5.41, 5.74) is 3.07. The van der Waals surface area contributed by atoms with Crippen molar-refractivity contribution in [3.8, 4) is 5.75 Å². The summed E-state index contributed by atoms with van der Waals surface area (Å²) >= 11 is 0.